The lowest BCUT2D eigenvalue weighted by Gasteiger charge is -2.09. The topological polar surface area (TPSA) is 98.7 Å². The van der Waals surface area contributed by atoms with Crippen LogP contribution in [0.1, 0.15) is 12.5 Å². The second-order valence-electron chi connectivity index (χ2n) is 6.15. The van der Waals surface area contributed by atoms with Crippen molar-refractivity contribution < 1.29 is 9.32 Å². The summed E-state index contributed by atoms with van der Waals surface area (Å²) in [6.07, 6.45) is 7.45. The summed E-state index contributed by atoms with van der Waals surface area (Å²) in [5.74, 6) is 0.624. The molecular weight excluding hydrogens is 356 g/mol. The summed E-state index contributed by atoms with van der Waals surface area (Å²) in [7, 11) is 0. The highest BCUT2D eigenvalue weighted by Gasteiger charge is 2.14. The van der Waals surface area contributed by atoms with Gasteiger partial charge >= 0.3 is 0 Å². The zero-order chi connectivity index (χ0) is 19.3. The number of hydrogen-bond acceptors (Lipinski definition) is 6. The largest absolute Gasteiger partial charge is 0.334 e. The average molecular weight is 374 g/mol. The molecule has 0 spiro atoms. The molecule has 3 aromatic heterocycles. The predicted molar refractivity (Wildman–Crippen MR) is 103 cm³/mol. The van der Waals surface area contributed by atoms with Gasteiger partial charge in [0, 0.05) is 29.8 Å². The molecule has 0 saturated heterocycles. The summed E-state index contributed by atoms with van der Waals surface area (Å²) in [5, 5.41) is 6.90. The molecule has 8 nitrogen and oxygen atoms in total. The molecule has 0 aliphatic carbocycles. The Labute approximate surface area is 161 Å². The van der Waals surface area contributed by atoms with E-state index in [0.717, 1.165) is 23.2 Å². The number of imidazole rings is 1. The number of carbonyl (C=O) groups is 1. The Hall–Kier alpha value is -3.81. The molecule has 0 bridgehead atoms. The van der Waals surface area contributed by atoms with Crippen LogP contribution in [0.25, 0.3) is 23.0 Å². The molecule has 0 aliphatic rings. The maximum absolute atomic E-state index is 12.4. The van der Waals surface area contributed by atoms with Crippen LogP contribution < -0.4 is 5.32 Å². The number of hydrogen-bond donors (Lipinski definition) is 1. The minimum atomic E-state index is -0.129. The average Bonchev–Trinajstić information content (AvgIpc) is 3.38. The van der Waals surface area contributed by atoms with E-state index in [4.69, 9.17) is 4.52 Å². The second-order valence-corrected chi connectivity index (χ2v) is 6.15. The van der Waals surface area contributed by atoms with Crippen LogP contribution in [0.3, 0.4) is 0 Å². The quantitative estimate of drug-likeness (QED) is 0.556. The Kier molecular flexibility index (Phi) is 4.92. The molecule has 0 saturated carbocycles. The molecule has 0 unspecified atom stereocenters. The summed E-state index contributed by atoms with van der Waals surface area (Å²) < 4.78 is 6.96. The third-order valence-corrected chi connectivity index (χ3v) is 4.21. The maximum Gasteiger partial charge on any atom is 0.258 e. The lowest BCUT2D eigenvalue weighted by molar-refractivity contribution is -0.116. The summed E-state index contributed by atoms with van der Waals surface area (Å²) in [6.45, 7) is 2.19. The Bertz CT molecular complexity index is 1090. The van der Waals surface area contributed by atoms with Crippen LogP contribution in [0.15, 0.2) is 65.8 Å². The maximum atomic E-state index is 12.4. The molecule has 1 N–H and O–H groups in total. The Morgan fingerprint density at radius 3 is 2.82 bits per heavy atom. The van der Waals surface area contributed by atoms with Crippen molar-refractivity contribution in [3.8, 4) is 23.0 Å². The fraction of sp³-hybridized carbons (Fsp3) is 0.150. The number of aromatic nitrogens is 5. The Morgan fingerprint density at radius 1 is 1.18 bits per heavy atom. The SMILES string of the molecule is CCc1ccccc1NC(=O)Cn1cnc(-c2noc(-c3ccncc3)n2)c1. The molecule has 140 valence electrons. The fourth-order valence-electron chi connectivity index (χ4n) is 2.81. The van der Waals surface area contributed by atoms with Gasteiger partial charge in [0.25, 0.3) is 5.89 Å². The Morgan fingerprint density at radius 2 is 2.00 bits per heavy atom. The molecule has 0 atom stereocenters. The van der Waals surface area contributed by atoms with Gasteiger partial charge in [-0.15, -0.1) is 0 Å². The van der Waals surface area contributed by atoms with Gasteiger partial charge in [0.2, 0.25) is 11.7 Å². The second kappa shape index (κ2) is 7.83. The molecule has 0 radical (unpaired) electrons. The molecule has 8 heteroatoms. The smallest absolute Gasteiger partial charge is 0.258 e. The van der Waals surface area contributed by atoms with E-state index < -0.39 is 0 Å². The minimum absolute atomic E-state index is 0.129. The van der Waals surface area contributed by atoms with Crippen LogP contribution in [0.2, 0.25) is 0 Å². The van der Waals surface area contributed by atoms with E-state index in [9.17, 15) is 4.79 Å². The van der Waals surface area contributed by atoms with Gasteiger partial charge in [-0.3, -0.25) is 9.78 Å². The number of rotatable bonds is 6. The van der Waals surface area contributed by atoms with E-state index in [-0.39, 0.29) is 12.5 Å². The van der Waals surface area contributed by atoms with E-state index in [2.05, 4.69) is 32.3 Å². The van der Waals surface area contributed by atoms with E-state index >= 15 is 0 Å². The van der Waals surface area contributed by atoms with Crippen LogP contribution in [-0.4, -0.2) is 30.6 Å². The number of anilines is 1. The highest BCUT2D eigenvalue weighted by atomic mass is 16.5. The lowest BCUT2D eigenvalue weighted by atomic mass is 10.1. The van der Waals surface area contributed by atoms with Crippen LogP contribution in [0.5, 0.6) is 0 Å². The number of nitrogens with one attached hydrogen (secondary N) is 1. The standard InChI is InChI=1S/C20H18N6O2/c1-2-14-5-3-4-6-16(14)23-18(27)12-26-11-17(22-13-26)19-24-20(28-25-19)15-7-9-21-10-8-15/h3-11,13H,2,12H2,1H3,(H,23,27). The predicted octanol–water partition coefficient (Wildman–Crippen LogP) is 3.20. The van der Waals surface area contributed by atoms with Crippen molar-refractivity contribution in [3.05, 3.63) is 66.9 Å². The van der Waals surface area contributed by atoms with Crippen LogP contribution in [0.4, 0.5) is 5.69 Å². The number of aryl methyl sites for hydroxylation is 1. The molecular formula is C20H18N6O2. The van der Waals surface area contributed by atoms with E-state index in [1.165, 1.54) is 0 Å². The molecule has 0 aliphatic heterocycles. The lowest BCUT2D eigenvalue weighted by Crippen LogP contribution is -2.18. The first-order chi connectivity index (χ1) is 13.7. The zero-order valence-corrected chi connectivity index (χ0v) is 15.2. The van der Waals surface area contributed by atoms with Crippen molar-refractivity contribution in [1.29, 1.82) is 0 Å². The van der Waals surface area contributed by atoms with Crippen LogP contribution in [-0.2, 0) is 17.8 Å². The highest BCUT2D eigenvalue weighted by Crippen LogP contribution is 2.20. The summed E-state index contributed by atoms with van der Waals surface area (Å²) in [5.41, 5.74) is 3.24. The van der Waals surface area contributed by atoms with E-state index in [1.807, 2.05) is 24.3 Å². The highest BCUT2D eigenvalue weighted by molar-refractivity contribution is 5.91. The number of benzene rings is 1. The summed E-state index contributed by atoms with van der Waals surface area (Å²) in [6, 6.07) is 11.3. The van der Waals surface area contributed by atoms with Crippen molar-refractivity contribution in [1.82, 2.24) is 24.7 Å². The molecule has 1 amide bonds. The van der Waals surface area contributed by atoms with Gasteiger partial charge in [-0.25, -0.2) is 4.98 Å². The molecule has 3 heterocycles. The van der Waals surface area contributed by atoms with Gasteiger partial charge in [-0.05, 0) is 30.2 Å². The molecule has 4 aromatic rings. The molecule has 4 rings (SSSR count). The number of carbonyl (C=O) groups excluding carboxylic acids is 1. The van der Waals surface area contributed by atoms with Gasteiger partial charge in [0.15, 0.2) is 0 Å². The van der Waals surface area contributed by atoms with Gasteiger partial charge in [-0.2, -0.15) is 4.98 Å². The first kappa shape index (κ1) is 17.6. The Balaban J connectivity index is 1.45. The minimum Gasteiger partial charge on any atom is -0.334 e. The van der Waals surface area contributed by atoms with Crippen molar-refractivity contribution >= 4 is 11.6 Å². The summed E-state index contributed by atoms with van der Waals surface area (Å²) in [4.78, 5) is 25.0. The molecule has 0 fully saturated rings. The van der Waals surface area contributed by atoms with Gasteiger partial charge in [-0.1, -0.05) is 30.3 Å². The van der Waals surface area contributed by atoms with Crippen molar-refractivity contribution in [3.63, 3.8) is 0 Å². The fourth-order valence-corrected chi connectivity index (χ4v) is 2.81. The van der Waals surface area contributed by atoms with E-state index in [0.29, 0.717) is 17.4 Å². The zero-order valence-electron chi connectivity index (χ0n) is 15.2. The van der Waals surface area contributed by atoms with Crippen molar-refractivity contribution in [2.45, 2.75) is 19.9 Å². The van der Waals surface area contributed by atoms with Gasteiger partial charge in [0.05, 0.1) is 6.33 Å². The van der Waals surface area contributed by atoms with Crippen LogP contribution in [0, 0.1) is 0 Å². The molecule has 28 heavy (non-hydrogen) atoms. The number of pyridine rings is 1. The van der Waals surface area contributed by atoms with Crippen molar-refractivity contribution in [2.24, 2.45) is 0 Å². The third-order valence-electron chi connectivity index (χ3n) is 4.21. The first-order valence-electron chi connectivity index (χ1n) is 8.87. The monoisotopic (exact) mass is 374 g/mol. The number of para-hydroxylation sites is 1. The summed E-state index contributed by atoms with van der Waals surface area (Å²) >= 11 is 0. The van der Waals surface area contributed by atoms with Crippen molar-refractivity contribution in [2.75, 3.05) is 5.32 Å². The first-order valence-corrected chi connectivity index (χ1v) is 8.87. The molecule has 1 aromatic carbocycles. The van der Waals surface area contributed by atoms with Crippen LogP contribution >= 0.6 is 0 Å². The number of amides is 1. The third kappa shape index (κ3) is 3.80. The number of nitrogens with zero attached hydrogens (tertiary/aromatic N) is 5. The van der Waals surface area contributed by atoms with E-state index in [1.54, 1.807) is 41.6 Å². The normalized spacial score (nSPS) is 10.8. The van der Waals surface area contributed by atoms with Gasteiger partial charge in [0.1, 0.15) is 12.2 Å². The van der Waals surface area contributed by atoms with Gasteiger partial charge < -0.3 is 14.4 Å².